The van der Waals surface area contributed by atoms with E-state index in [0.29, 0.717) is 12.5 Å². The van der Waals surface area contributed by atoms with E-state index in [-0.39, 0.29) is 36.9 Å². The third-order valence-corrected chi connectivity index (χ3v) is 2.90. The topological polar surface area (TPSA) is 76.9 Å². The molecule has 1 fully saturated rings. The quantitative estimate of drug-likeness (QED) is 0.601. The van der Waals surface area contributed by atoms with Crippen LogP contribution < -0.4 is 11.5 Å². The first-order valence-corrected chi connectivity index (χ1v) is 5.63. The van der Waals surface area contributed by atoms with Crippen LogP contribution in [-0.2, 0) is 4.74 Å². The molecule has 1 saturated heterocycles. The van der Waals surface area contributed by atoms with Gasteiger partial charge in [0.05, 0.1) is 25.8 Å². The molecule has 0 radical (unpaired) electrons. The maximum Gasteiger partial charge on any atom is 0.208 e. The molecule has 1 atom stereocenters. The Morgan fingerprint density at radius 1 is 1.35 bits per heavy atom. The van der Waals surface area contributed by atoms with Crippen LogP contribution in [0, 0.1) is 5.92 Å². The van der Waals surface area contributed by atoms with Gasteiger partial charge in [-0.2, -0.15) is 0 Å². The van der Waals surface area contributed by atoms with Crippen molar-refractivity contribution >= 4 is 30.8 Å². The van der Waals surface area contributed by atoms with Crippen LogP contribution >= 0.6 is 24.8 Å². The normalized spacial score (nSPS) is 19.2. The summed E-state index contributed by atoms with van der Waals surface area (Å²) in [5, 5.41) is 5.97. The summed E-state index contributed by atoms with van der Waals surface area (Å²) in [6.07, 6.45) is 2.53. The predicted molar refractivity (Wildman–Crippen MR) is 75.7 cm³/mol. The van der Waals surface area contributed by atoms with Gasteiger partial charge >= 0.3 is 0 Å². The molecule has 1 rings (SSSR count). The van der Waals surface area contributed by atoms with E-state index in [1.165, 1.54) is 0 Å². The molecule has 0 amide bonds. The van der Waals surface area contributed by atoms with E-state index >= 15 is 0 Å². The highest BCUT2D eigenvalue weighted by molar-refractivity contribution is 5.85. The van der Waals surface area contributed by atoms with Crippen molar-refractivity contribution in [2.24, 2.45) is 22.5 Å². The molecule has 0 aromatic carbocycles. The maximum absolute atomic E-state index is 5.74. The van der Waals surface area contributed by atoms with Crippen molar-refractivity contribution in [1.29, 1.82) is 0 Å². The summed E-state index contributed by atoms with van der Waals surface area (Å²) in [5.41, 5.74) is 10.7. The average molecular weight is 287 g/mol. The number of hydrazone groups is 1. The number of ether oxygens (including phenoxy) is 1. The first-order chi connectivity index (χ1) is 7.17. The lowest BCUT2D eigenvalue weighted by Crippen LogP contribution is -2.44. The van der Waals surface area contributed by atoms with Crippen LogP contribution in [0.15, 0.2) is 5.10 Å². The minimum Gasteiger partial charge on any atom is -0.374 e. The zero-order valence-corrected chi connectivity index (χ0v) is 12.1. The minimum absolute atomic E-state index is 0. The number of hydrogen-bond acceptors (Lipinski definition) is 3. The van der Waals surface area contributed by atoms with E-state index in [4.69, 9.17) is 16.2 Å². The van der Waals surface area contributed by atoms with Crippen molar-refractivity contribution in [2.75, 3.05) is 19.7 Å². The Kier molecular flexibility index (Phi) is 10.7. The summed E-state index contributed by atoms with van der Waals surface area (Å²) in [7, 11) is 0. The first kappa shape index (κ1) is 19.0. The van der Waals surface area contributed by atoms with Crippen molar-refractivity contribution in [1.82, 2.24) is 5.01 Å². The fraction of sp³-hybridized carbons (Fsp3) is 0.900. The predicted octanol–water partition coefficient (Wildman–Crippen LogP) is 1.16. The van der Waals surface area contributed by atoms with Crippen LogP contribution in [0.3, 0.4) is 0 Å². The summed E-state index contributed by atoms with van der Waals surface area (Å²) < 4.78 is 5.74. The molecule has 0 saturated carbocycles. The van der Waals surface area contributed by atoms with Gasteiger partial charge in [-0.3, -0.25) is 5.01 Å². The molecule has 1 aliphatic heterocycles. The van der Waals surface area contributed by atoms with Gasteiger partial charge in [0.2, 0.25) is 5.96 Å². The molecule has 4 N–H and O–H groups in total. The number of nitrogens with two attached hydrogens (primary N) is 2. The van der Waals surface area contributed by atoms with Gasteiger partial charge in [-0.15, -0.1) is 29.9 Å². The smallest absolute Gasteiger partial charge is 0.208 e. The molecule has 0 bridgehead atoms. The number of guanidine groups is 1. The van der Waals surface area contributed by atoms with Gasteiger partial charge in [-0.1, -0.05) is 26.7 Å². The van der Waals surface area contributed by atoms with E-state index in [1.54, 1.807) is 0 Å². The second-order valence-electron chi connectivity index (χ2n) is 3.92. The largest absolute Gasteiger partial charge is 0.374 e. The molecule has 1 unspecified atom stereocenters. The molecule has 1 aliphatic rings. The van der Waals surface area contributed by atoms with Crippen LogP contribution in [0.4, 0.5) is 0 Å². The van der Waals surface area contributed by atoms with Crippen molar-refractivity contribution < 1.29 is 4.74 Å². The summed E-state index contributed by atoms with van der Waals surface area (Å²) in [6, 6.07) is 0. The third kappa shape index (κ3) is 6.19. The molecule has 0 aliphatic carbocycles. The van der Waals surface area contributed by atoms with Crippen LogP contribution in [0.1, 0.15) is 26.7 Å². The molecule has 104 valence electrons. The fourth-order valence-electron chi connectivity index (χ4n) is 2.01. The van der Waals surface area contributed by atoms with Gasteiger partial charge in [-0.05, 0) is 5.92 Å². The molecular weight excluding hydrogens is 263 g/mol. The lowest BCUT2D eigenvalue weighted by atomic mass is 9.95. The summed E-state index contributed by atoms with van der Waals surface area (Å²) in [4.78, 5) is 0. The SMILES string of the molecule is CCC(CC)C1CN(N=C(N)N)CCO1.Cl.Cl. The Labute approximate surface area is 116 Å². The van der Waals surface area contributed by atoms with Gasteiger partial charge in [0.15, 0.2) is 0 Å². The molecule has 5 nitrogen and oxygen atoms in total. The summed E-state index contributed by atoms with van der Waals surface area (Å²) in [6.45, 7) is 6.66. The second-order valence-corrected chi connectivity index (χ2v) is 3.92. The van der Waals surface area contributed by atoms with E-state index in [9.17, 15) is 0 Å². The fourth-order valence-corrected chi connectivity index (χ4v) is 2.01. The molecule has 7 heteroatoms. The minimum atomic E-state index is 0. The maximum atomic E-state index is 5.74. The molecule has 17 heavy (non-hydrogen) atoms. The summed E-state index contributed by atoms with van der Waals surface area (Å²) >= 11 is 0. The van der Waals surface area contributed by atoms with Crippen LogP contribution in [0.25, 0.3) is 0 Å². The Hall–Kier alpha value is -0.390. The molecule has 1 heterocycles. The molecular formula is C10H24Cl2N4O. The van der Waals surface area contributed by atoms with Gasteiger partial charge in [0.1, 0.15) is 0 Å². The van der Waals surface area contributed by atoms with Crippen molar-refractivity contribution in [3.8, 4) is 0 Å². The van der Waals surface area contributed by atoms with Crippen molar-refractivity contribution in [3.05, 3.63) is 0 Å². The zero-order chi connectivity index (χ0) is 11.3. The summed E-state index contributed by atoms with van der Waals surface area (Å²) in [5.74, 6) is 0.724. The lowest BCUT2D eigenvalue weighted by molar-refractivity contribution is -0.0586. The van der Waals surface area contributed by atoms with Crippen LogP contribution in [0.5, 0.6) is 0 Å². The van der Waals surface area contributed by atoms with Crippen molar-refractivity contribution in [3.63, 3.8) is 0 Å². The van der Waals surface area contributed by atoms with E-state index in [0.717, 1.165) is 25.9 Å². The third-order valence-electron chi connectivity index (χ3n) is 2.90. The highest BCUT2D eigenvalue weighted by Crippen LogP contribution is 2.20. The van der Waals surface area contributed by atoms with E-state index < -0.39 is 0 Å². The molecule has 0 aromatic rings. The monoisotopic (exact) mass is 286 g/mol. The van der Waals surface area contributed by atoms with Crippen molar-refractivity contribution in [2.45, 2.75) is 32.8 Å². The highest BCUT2D eigenvalue weighted by Gasteiger charge is 2.25. The van der Waals surface area contributed by atoms with Gasteiger partial charge in [0.25, 0.3) is 0 Å². The van der Waals surface area contributed by atoms with E-state index in [1.807, 2.05) is 5.01 Å². The van der Waals surface area contributed by atoms with Gasteiger partial charge in [-0.25, -0.2) is 0 Å². The Bertz CT molecular complexity index is 220. The molecule has 0 aromatic heterocycles. The lowest BCUT2D eigenvalue weighted by Gasteiger charge is -2.34. The number of nitrogens with zero attached hydrogens (tertiary/aromatic N) is 2. The zero-order valence-electron chi connectivity index (χ0n) is 10.5. The van der Waals surface area contributed by atoms with Gasteiger partial charge in [0, 0.05) is 0 Å². The van der Waals surface area contributed by atoms with Crippen LogP contribution in [0.2, 0.25) is 0 Å². The number of morpholine rings is 1. The number of rotatable bonds is 4. The van der Waals surface area contributed by atoms with Crippen LogP contribution in [-0.4, -0.2) is 36.8 Å². The number of halogens is 2. The highest BCUT2D eigenvalue weighted by atomic mass is 35.5. The second kappa shape index (κ2) is 9.62. The number of hydrogen-bond donors (Lipinski definition) is 2. The Balaban J connectivity index is 0. The Morgan fingerprint density at radius 3 is 2.41 bits per heavy atom. The average Bonchev–Trinajstić information content (AvgIpc) is 2.19. The Morgan fingerprint density at radius 2 is 1.94 bits per heavy atom. The molecule has 0 spiro atoms. The first-order valence-electron chi connectivity index (χ1n) is 5.63. The van der Waals surface area contributed by atoms with E-state index in [2.05, 4.69) is 18.9 Å². The standard InChI is InChI=1S/C10H22N4O.2ClH/c1-3-8(4-2)9-7-14(5-6-15-9)13-10(11)12;;/h8-9H,3-7H2,1-2H3,(H4,11,12,13);2*1H. The van der Waals surface area contributed by atoms with Gasteiger partial charge < -0.3 is 16.2 Å².